The molecule has 7 nitrogen and oxygen atoms in total. The van der Waals surface area contributed by atoms with Crippen LogP contribution in [0.15, 0.2) is 77.5 Å². The number of imidazole rings is 1. The minimum Gasteiger partial charge on any atom is -0.484 e. The van der Waals surface area contributed by atoms with Gasteiger partial charge in [-0.2, -0.15) is 5.26 Å². The molecule has 0 saturated carbocycles. The number of nitrogens with one attached hydrogen (secondary N) is 1. The van der Waals surface area contributed by atoms with Crippen LogP contribution in [0.2, 0.25) is 0 Å². The molecule has 1 N–H and O–H groups in total. The third-order valence-corrected chi connectivity index (χ3v) is 4.75. The summed E-state index contributed by atoms with van der Waals surface area (Å²) >= 11 is 0. The van der Waals surface area contributed by atoms with Crippen molar-refractivity contribution in [2.24, 2.45) is 0 Å². The molecule has 2 aromatic carbocycles. The molecule has 0 atom stereocenters. The Morgan fingerprint density at radius 1 is 1.16 bits per heavy atom. The van der Waals surface area contributed by atoms with Crippen molar-refractivity contribution in [2.75, 3.05) is 5.32 Å². The highest BCUT2D eigenvalue weighted by atomic mass is 16.5. The molecule has 0 saturated heterocycles. The standard InChI is InChI=1S/C24H20N4O3/c1-17-26-12-13-28(17)15-18-6-8-20(9-7-18)27-24(29)23-11-10-21(31-23)16-30-22-5-3-2-4-19(22)14-25/h2-13H,15-16H2,1H3,(H,27,29). The molecular formula is C24H20N4O3. The Labute approximate surface area is 179 Å². The number of rotatable bonds is 7. The summed E-state index contributed by atoms with van der Waals surface area (Å²) in [5.74, 6) is 1.75. The lowest BCUT2D eigenvalue weighted by Crippen LogP contribution is -2.11. The van der Waals surface area contributed by atoms with Gasteiger partial charge in [-0.1, -0.05) is 24.3 Å². The molecule has 0 aliphatic carbocycles. The largest absolute Gasteiger partial charge is 0.484 e. The predicted molar refractivity (Wildman–Crippen MR) is 115 cm³/mol. The van der Waals surface area contributed by atoms with E-state index in [9.17, 15) is 4.79 Å². The fraction of sp³-hybridized carbons (Fsp3) is 0.125. The van der Waals surface area contributed by atoms with E-state index in [1.165, 1.54) is 0 Å². The Balaban J connectivity index is 1.34. The van der Waals surface area contributed by atoms with Crippen LogP contribution in [0, 0.1) is 18.3 Å². The number of para-hydroxylation sites is 1. The quantitative estimate of drug-likeness (QED) is 0.481. The van der Waals surface area contributed by atoms with Crippen LogP contribution in [-0.2, 0) is 13.2 Å². The number of benzene rings is 2. The van der Waals surface area contributed by atoms with Crippen molar-refractivity contribution < 1.29 is 13.9 Å². The van der Waals surface area contributed by atoms with E-state index >= 15 is 0 Å². The predicted octanol–water partition coefficient (Wildman–Crippen LogP) is 4.54. The molecule has 0 spiro atoms. The summed E-state index contributed by atoms with van der Waals surface area (Å²) in [6, 6.07) is 19.9. The number of nitriles is 1. The number of nitrogens with zero attached hydrogens (tertiary/aromatic N) is 3. The number of aromatic nitrogens is 2. The van der Waals surface area contributed by atoms with E-state index in [4.69, 9.17) is 14.4 Å². The van der Waals surface area contributed by atoms with Gasteiger partial charge < -0.3 is 19.0 Å². The van der Waals surface area contributed by atoms with E-state index in [0.717, 1.165) is 17.9 Å². The molecule has 154 valence electrons. The first-order valence-corrected chi connectivity index (χ1v) is 9.71. The van der Waals surface area contributed by atoms with Crippen molar-refractivity contribution in [1.82, 2.24) is 9.55 Å². The summed E-state index contributed by atoms with van der Waals surface area (Å²) in [5.41, 5.74) is 2.22. The average Bonchev–Trinajstić information content (AvgIpc) is 3.43. The van der Waals surface area contributed by atoms with Crippen LogP contribution in [-0.4, -0.2) is 15.5 Å². The number of anilines is 1. The van der Waals surface area contributed by atoms with Crippen LogP contribution in [0.1, 0.15) is 33.3 Å². The molecule has 0 bridgehead atoms. The van der Waals surface area contributed by atoms with Gasteiger partial charge in [0.2, 0.25) is 0 Å². The fourth-order valence-electron chi connectivity index (χ4n) is 3.06. The van der Waals surface area contributed by atoms with Gasteiger partial charge in [0.15, 0.2) is 5.76 Å². The van der Waals surface area contributed by atoms with E-state index in [-0.39, 0.29) is 18.3 Å². The monoisotopic (exact) mass is 412 g/mol. The lowest BCUT2D eigenvalue weighted by atomic mass is 10.2. The molecule has 4 aromatic rings. The second-order valence-corrected chi connectivity index (χ2v) is 6.92. The smallest absolute Gasteiger partial charge is 0.291 e. The average molecular weight is 412 g/mol. The first kappa shape index (κ1) is 20.0. The zero-order valence-electron chi connectivity index (χ0n) is 16.9. The van der Waals surface area contributed by atoms with E-state index in [1.54, 1.807) is 42.6 Å². The van der Waals surface area contributed by atoms with Gasteiger partial charge in [-0.15, -0.1) is 0 Å². The van der Waals surface area contributed by atoms with Crippen molar-refractivity contribution in [3.8, 4) is 11.8 Å². The van der Waals surface area contributed by atoms with Crippen LogP contribution in [0.4, 0.5) is 5.69 Å². The summed E-state index contributed by atoms with van der Waals surface area (Å²) in [6.45, 7) is 2.80. The second-order valence-electron chi connectivity index (χ2n) is 6.92. The maximum atomic E-state index is 12.5. The van der Waals surface area contributed by atoms with E-state index in [1.807, 2.05) is 37.4 Å². The number of hydrogen-bond acceptors (Lipinski definition) is 5. The number of ether oxygens (including phenoxy) is 1. The molecule has 1 amide bonds. The molecule has 0 aliphatic rings. The molecule has 0 unspecified atom stereocenters. The summed E-state index contributed by atoms with van der Waals surface area (Å²) in [7, 11) is 0. The van der Waals surface area contributed by atoms with Crippen LogP contribution in [0.3, 0.4) is 0 Å². The minimum atomic E-state index is -0.345. The number of aryl methyl sites for hydroxylation is 1. The van der Waals surface area contributed by atoms with Gasteiger partial charge in [0.25, 0.3) is 5.91 Å². The number of furan rings is 1. The van der Waals surface area contributed by atoms with Gasteiger partial charge in [-0.25, -0.2) is 4.98 Å². The van der Waals surface area contributed by atoms with Gasteiger partial charge in [-0.05, 0) is 48.9 Å². The number of hydrogen-bond donors (Lipinski definition) is 1. The van der Waals surface area contributed by atoms with Crippen molar-refractivity contribution in [1.29, 1.82) is 5.26 Å². The third-order valence-electron chi connectivity index (χ3n) is 4.75. The first-order chi connectivity index (χ1) is 15.1. The van der Waals surface area contributed by atoms with Crippen LogP contribution in [0.25, 0.3) is 0 Å². The number of carbonyl (C=O) groups is 1. The highest BCUT2D eigenvalue weighted by Crippen LogP contribution is 2.19. The maximum absolute atomic E-state index is 12.5. The Hall–Kier alpha value is -4.31. The lowest BCUT2D eigenvalue weighted by molar-refractivity contribution is 0.0992. The van der Waals surface area contributed by atoms with Crippen LogP contribution in [0.5, 0.6) is 5.75 Å². The molecule has 2 heterocycles. The summed E-state index contributed by atoms with van der Waals surface area (Å²) in [6.07, 6.45) is 3.71. The van der Waals surface area contributed by atoms with E-state index in [0.29, 0.717) is 22.8 Å². The highest BCUT2D eigenvalue weighted by Gasteiger charge is 2.13. The number of amides is 1. The van der Waals surface area contributed by atoms with Crippen molar-refractivity contribution in [2.45, 2.75) is 20.1 Å². The zero-order chi connectivity index (χ0) is 21.6. The lowest BCUT2D eigenvalue weighted by Gasteiger charge is -2.07. The van der Waals surface area contributed by atoms with Crippen molar-refractivity contribution in [3.63, 3.8) is 0 Å². The van der Waals surface area contributed by atoms with Gasteiger partial charge in [-0.3, -0.25) is 4.79 Å². The Kier molecular flexibility index (Phi) is 5.81. The SMILES string of the molecule is Cc1nccn1Cc1ccc(NC(=O)c2ccc(COc3ccccc3C#N)o2)cc1. The summed E-state index contributed by atoms with van der Waals surface area (Å²) in [4.78, 5) is 16.7. The highest BCUT2D eigenvalue weighted by molar-refractivity contribution is 6.02. The normalized spacial score (nSPS) is 10.5. The van der Waals surface area contributed by atoms with Gasteiger partial charge in [0.1, 0.15) is 30.0 Å². The van der Waals surface area contributed by atoms with Crippen molar-refractivity contribution in [3.05, 3.63) is 102 Å². The van der Waals surface area contributed by atoms with Gasteiger partial charge in [0.05, 0.1) is 5.56 Å². The zero-order valence-corrected chi connectivity index (χ0v) is 16.9. The molecular weight excluding hydrogens is 392 g/mol. The van der Waals surface area contributed by atoms with Gasteiger partial charge in [0, 0.05) is 24.6 Å². The molecule has 0 aliphatic heterocycles. The van der Waals surface area contributed by atoms with Crippen LogP contribution < -0.4 is 10.1 Å². The maximum Gasteiger partial charge on any atom is 0.291 e. The number of carbonyl (C=O) groups excluding carboxylic acids is 1. The molecule has 2 aromatic heterocycles. The molecule has 0 fully saturated rings. The topological polar surface area (TPSA) is 93.1 Å². The molecule has 0 radical (unpaired) electrons. The summed E-state index contributed by atoms with van der Waals surface area (Å²) in [5, 5.41) is 11.9. The Morgan fingerprint density at radius 2 is 1.97 bits per heavy atom. The van der Waals surface area contributed by atoms with E-state index < -0.39 is 0 Å². The third kappa shape index (κ3) is 4.82. The summed E-state index contributed by atoms with van der Waals surface area (Å²) < 4.78 is 13.3. The van der Waals surface area contributed by atoms with Crippen LogP contribution >= 0.6 is 0 Å². The van der Waals surface area contributed by atoms with Gasteiger partial charge >= 0.3 is 0 Å². The first-order valence-electron chi connectivity index (χ1n) is 9.71. The Morgan fingerprint density at radius 3 is 2.71 bits per heavy atom. The van der Waals surface area contributed by atoms with Crippen molar-refractivity contribution >= 4 is 11.6 Å². The minimum absolute atomic E-state index is 0.119. The fourth-order valence-corrected chi connectivity index (χ4v) is 3.06. The Bertz CT molecular complexity index is 1230. The van der Waals surface area contributed by atoms with E-state index in [2.05, 4.69) is 20.9 Å². The second kappa shape index (κ2) is 9.01. The molecule has 4 rings (SSSR count). The molecule has 7 heteroatoms. The molecule has 31 heavy (non-hydrogen) atoms.